The molecule has 0 fully saturated rings. The summed E-state index contributed by atoms with van der Waals surface area (Å²) in [5, 5.41) is 14.2. The zero-order valence-corrected chi connectivity index (χ0v) is 15.8. The van der Waals surface area contributed by atoms with Crippen LogP contribution in [0, 0.1) is 20.8 Å². The molecule has 0 aliphatic heterocycles. The predicted octanol–water partition coefficient (Wildman–Crippen LogP) is 4.41. The number of hydrogen-bond acceptors (Lipinski definition) is 5. The molecule has 0 bridgehead atoms. The van der Waals surface area contributed by atoms with Crippen LogP contribution in [0.3, 0.4) is 0 Å². The molecule has 0 atom stereocenters. The Kier molecular flexibility index (Phi) is 5.35. The van der Waals surface area contributed by atoms with Crippen LogP contribution >= 0.6 is 0 Å². The van der Waals surface area contributed by atoms with E-state index >= 15 is 0 Å². The Morgan fingerprint density at radius 1 is 0.889 bits per heavy atom. The lowest BCUT2D eigenvalue weighted by molar-refractivity contribution is 0.102. The lowest BCUT2D eigenvalue weighted by Gasteiger charge is -2.11. The van der Waals surface area contributed by atoms with Crippen molar-refractivity contribution in [3.63, 3.8) is 0 Å². The van der Waals surface area contributed by atoms with Gasteiger partial charge in [-0.1, -0.05) is 23.8 Å². The van der Waals surface area contributed by atoms with Gasteiger partial charge < -0.3 is 15.4 Å². The average molecular weight is 362 g/mol. The maximum absolute atomic E-state index is 12.5. The molecule has 138 valence electrons. The number of benzene rings is 2. The fourth-order valence-electron chi connectivity index (χ4n) is 2.72. The van der Waals surface area contributed by atoms with Crippen LogP contribution in [0.4, 0.5) is 17.2 Å². The molecule has 0 aliphatic rings. The molecular weight excluding hydrogens is 340 g/mol. The van der Waals surface area contributed by atoms with Crippen molar-refractivity contribution in [3.8, 4) is 5.75 Å². The minimum absolute atomic E-state index is 0.227. The van der Waals surface area contributed by atoms with Crippen molar-refractivity contribution in [3.05, 3.63) is 70.9 Å². The molecule has 1 heterocycles. The van der Waals surface area contributed by atoms with Crippen LogP contribution in [-0.4, -0.2) is 23.2 Å². The van der Waals surface area contributed by atoms with Crippen LogP contribution in [0.1, 0.15) is 27.2 Å². The second-order valence-electron chi connectivity index (χ2n) is 6.41. The highest BCUT2D eigenvalue weighted by Gasteiger charge is 2.12. The second-order valence-corrected chi connectivity index (χ2v) is 6.41. The Hall–Kier alpha value is -3.41. The summed E-state index contributed by atoms with van der Waals surface area (Å²) in [6, 6.07) is 15.1. The molecule has 6 heteroatoms. The summed E-state index contributed by atoms with van der Waals surface area (Å²) < 4.78 is 5.28. The first-order valence-electron chi connectivity index (χ1n) is 8.60. The minimum Gasteiger partial charge on any atom is -0.495 e. The van der Waals surface area contributed by atoms with Gasteiger partial charge in [0.2, 0.25) is 0 Å². The number of anilines is 3. The van der Waals surface area contributed by atoms with Gasteiger partial charge in [0.15, 0.2) is 11.5 Å². The molecule has 2 N–H and O–H groups in total. The molecule has 0 aliphatic carbocycles. The van der Waals surface area contributed by atoms with Crippen molar-refractivity contribution in [1.29, 1.82) is 0 Å². The van der Waals surface area contributed by atoms with Crippen molar-refractivity contribution < 1.29 is 9.53 Å². The van der Waals surface area contributed by atoms with Crippen LogP contribution in [0.15, 0.2) is 48.5 Å². The number of aromatic nitrogens is 2. The van der Waals surface area contributed by atoms with E-state index in [2.05, 4.69) is 26.9 Å². The van der Waals surface area contributed by atoms with Crippen LogP contribution in [0.25, 0.3) is 0 Å². The maximum Gasteiger partial charge on any atom is 0.276 e. The third-order valence-electron chi connectivity index (χ3n) is 4.15. The Bertz CT molecular complexity index is 968. The molecule has 6 nitrogen and oxygen atoms in total. The number of nitrogens with zero attached hydrogens (tertiary/aromatic N) is 2. The topological polar surface area (TPSA) is 76.1 Å². The smallest absolute Gasteiger partial charge is 0.276 e. The lowest BCUT2D eigenvalue weighted by Crippen LogP contribution is -2.15. The van der Waals surface area contributed by atoms with E-state index in [9.17, 15) is 4.79 Å². The first kappa shape index (κ1) is 18.4. The summed E-state index contributed by atoms with van der Waals surface area (Å²) in [7, 11) is 1.56. The van der Waals surface area contributed by atoms with Gasteiger partial charge in [0.05, 0.1) is 12.8 Å². The van der Waals surface area contributed by atoms with Crippen LogP contribution < -0.4 is 15.4 Å². The molecule has 0 unspecified atom stereocenters. The summed E-state index contributed by atoms with van der Waals surface area (Å²) in [6.07, 6.45) is 0. The number of methoxy groups -OCH3 is 1. The van der Waals surface area contributed by atoms with Crippen molar-refractivity contribution in [2.45, 2.75) is 20.8 Å². The number of ether oxygens (including phenoxy) is 1. The molecular formula is C21H22N4O2. The van der Waals surface area contributed by atoms with Gasteiger partial charge in [-0.15, -0.1) is 10.2 Å². The Morgan fingerprint density at radius 3 is 2.30 bits per heavy atom. The van der Waals surface area contributed by atoms with Gasteiger partial charge in [-0.05, 0) is 62.2 Å². The van der Waals surface area contributed by atoms with Gasteiger partial charge in [-0.2, -0.15) is 0 Å². The van der Waals surface area contributed by atoms with Crippen molar-refractivity contribution in [2.24, 2.45) is 0 Å². The van der Waals surface area contributed by atoms with Gasteiger partial charge in [0.25, 0.3) is 5.91 Å². The van der Waals surface area contributed by atoms with Crippen molar-refractivity contribution >= 4 is 23.1 Å². The number of amides is 1. The molecule has 2 aromatic carbocycles. The lowest BCUT2D eigenvalue weighted by atomic mass is 10.1. The largest absolute Gasteiger partial charge is 0.495 e. The summed E-state index contributed by atoms with van der Waals surface area (Å²) >= 11 is 0. The molecule has 0 saturated carbocycles. The Labute approximate surface area is 158 Å². The third kappa shape index (κ3) is 4.41. The zero-order chi connectivity index (χ0) is 19.4. The van der Waals surface area contributed by atoms with Gasteiger partial charge in [0, 0.05) is 5.69 Å². The minimum atomic E-state index is -0.343. The fraction of sp³-hybridized carbons (Fsp3) is 0.190. The van der Waals surface area contributed by atoms with E-state index in [0.29, 0.717) is 17.3 Å². The first-order valence-corrected chi connectivity index (χ1v) is 8.60. The highest BCUT2D eigenvalue weighted by atomic mass is 16.5. The van der Waals surface area contributed by atoms with Gasteiger partial charge in [-0.25, -0.2) is 0 Å². The SMILES string of the molecule is COc1ccc(C)cc1NC(=O)c1ccc(Nc2ccc(C)cc2C)nn1. The highest BCUT2D eigenvalue weighted by Crippen LogP contribution is 2.25. The molecule has 3 aromatic rings. The second kappa shape index (κ2) is 7.86. The molecule has 1 amide bonds. The Morgan fingerprint density at radius 2 is 1.63 bits per heavy atom. The van der Waals surface area contributed by atoms with Crippen LogP contribution in [-0.2, 0) is 0 Å². The number of aryl methyl sites for hydroxylation is 3. The summed E-state index contributed by atoms with van der Waals surface area (Å²) in [4.78, 5) is 12.5. The normalized spacial score (nSPS) is 10.4. The number of carbonyl (C=O) groups is 1. The van der Waals surface area contributed by atoms with E-state index in [1.165, 1.54) is 5.56 Å². The van der Waals surface area contributed by atoms with E-state index < -0.39 is 0 Å². The van der Waals surface area contributed by atoms with Crippen molar-refractivity contribution in [2.75, 3.05) is 17.7 Å². The average Bonchev–Trinajstić information content (AvgIpc) is 2.65. The standard InChI is InChI=1S/C21H22N4O2/c1-13-5-7-16(15(3)11-13)22-20-10-8-17(24-25-20)21(26)23-18-12-14(2)6-9-19(18)27-4/h5-12H,1-4H3,(H,22,25)(H,23,26). The van der Waals surface area contributed by atoms with Crippen LogP contribution in [0.5, 0.6) is 5.75 Å². The van der Waals surface area contributed by atoms with Gasteiger partial charge >= 0.3 is 0 Å². The maximum atomic E-state index is 12.5. The first-order chi connectivity index (χ1) is 13.0. The molecule has 27 heavy (non-hydrogen) atoms. The summed E-state index contributed by atoms with van der Waals surface area (Å²) in [6.45, 7) is 6.02. The monoisotopic (exact) mass is 362 g/mol. The number of hydrogen-bond donors (Lipinski definition) is 2. The molecule has 0 radical (unpaired) electrons. The number of nitrogens with one attached hydrogen (secondary N) is 2. The summed E-state index contributed by atoms with van der Waals surface area (Å²) in [5.41, 5.74) is 5.11. The van der Waals surface area contributed by atoms with Crippen LogP contribution in [0.2, 0.25) is 0 Å². The molecule has 3 rings (SSSR count). The highest BCUT2D eigenvalue weighted by molar-refractivity contribution is 6.03. The van der Waals surface area contributed by atoms with E-state index in [0.717, 1.165) is 16.8 Å². The van der Waals surface area contributed by atoms with Crippen molar-refractivity contribution in [1.82, 2.24) is 10.2 Å². The van der Waals surface area contributed by atoms with Gasteiger partial charge in [-0.3, -0.25) is 4.79 Å². The molecule has 0 saturated heterocycles. The molecule has 0 spiro atoms. The van der Waals surface area contributed by atoms with E-state index in [1.54, 1.807) is 19.2 Å². The van der Waals surface area contributed by atoms with Gasteiger partial charge in [0.1, 0.15) is 5.75 Å². The predicted molar refractivity (Wildman–Crippen MR) is 107 cm³/mol. The quantitative estimate of drug-likeness (QED) is 0.703. The van der Waals surface area contributed by atoms with E-state index in [1.807, 2.05) is 51.1 Å². The number of rotatable bonds is 5. The van der Waals surface area contributed by atoms with E-state index in [4.69, 9.17) is 4.74 Å². The fourth-order valence-corrected chi connectivity index (χ4v) is 2.72. The third-order valence-corrected chi connectivity index (χ3v) is 4.15. The summed E-state index contributed by atoms with van der Waals surface area (Å²) in [5.74, 6) is 0.825. The van der Waals surface area contributed by atoms with E-state index in [-0.39, 0.29) is 11.6 Å². The number of carbonyl (C=O) groups excluding carboxylic acids is 1. The zero-order valence-electron chi connectivity index (χ0n) is 15.8. The molecule has 1 aromatic heterocycles. The Balaban J connectivity index is 1.73.